The van der Waals surface area contributed by atoms with E-state index in [1.54, 1.807) is 0 Å². The molecule has 0 spiro atoms. The van der Waals surface area contributed by atoms with E-state index in [2.05, 4.69) is 42.7 Å². The summed E-state index contributed by atoms with van der Waals surface area (Å²) in [7, 11) is 2.13. The van der Waals surface area contributed by atoms with E-state index in [9.17, 15) is 4.79 Å². The van der Waals surface area contributed by atoms with Gasteiger partial charge in [0.1, 0.15) is 0 Å². The van der Waals surface area contributed by atoms with Crippen LogP contribution in [0.15, 0.2) is 34.3 Å². The molecule has 3 N–H and O–H groups in total. The van der Waals surface area contributed by atoms with Gasteiger partial charge in [0.2, 0.25) is 17.8 Å². The SMILES string of the molecule is Cc1[nH]nc(Nc2nc(Sc3ccc(NC(=O)C4CCCCC4)cc3)nc(N3CCN(C)CC3)n2)c1C. The number of aromatic nitrogens is 5. The molecule has 10 nitrogen and oxygen atoms in total. The molecule has 1 aromatic carbocycles. The number of aromatic amines is 1. The Morgan fingerprint density at radius 1 is 1.00 bits per heavy atom. The third-order valence-corrected chi connectivity index (χ3v) is 8.05. The highest BCUT2D eigenvalue weighted by atomic mass is 32.2. The summed E-state index contributed by atoms with van der Waals surface area (Å²) >= 11 is 1.48. The molecule has 196 valence electrons. The molecular formula is C26H35N9OS. The van der Waals surface area contributed by atoms with Crippen LogP contribution in [0.2, 0.25) is 0 Å². The van der Waals surface area contributed by atoms with Gasteiger partial charge in [-0.3, -0.25) is 9.89 Å². The van der Waals surface area contributed by atoms with E-state index in [4.69, 9.17) is 9.97 Å². The van der Waals surface area contributed by atoms with Crippen molar-refractivity contribution in [2.24, 2.45) is 5.92 Å². The molecule has 3 aromatic rings. The van der Waals surface area contributed by atoms with E-state index in [0.29, 0.717) is 22.9 Å². The van der Waals surface area contributed by atoms with Crippen molar-refractivity contribution in [1.29, 1.82) is 0 Å². The standard InChI is InChI=1S/C26H35N9OS/c1-17-18(2)32-33-22(17)28-24-29-25(35-15-13-34(3)14-16-35)31-26(30-24)37-21-11-9-20(10-12-21)27-23(36)19-7-5-4-6-8-19/h9-12,19H,4-8,13-16H2,1-3H3,(H,27,36)(H2,28,29,30,31,32,33). The molecule has 2 aliphatic rings. The zero-order valence-corrected chi connectivity index (χ0v) is 22.6. The second-order valence-corrected chi connectivity index (χ2v) is 11.0. The Balaban J connectivity index is 1.32. The second-order valence-electron chi connectivity index (χ2n) is 9.93. The number of likely N-dealkylation sites (N-methyl/N-ethyl adjacent to an activating group) is 1. The van der Waals surface area contributed by atoms with E-state index < -0.39 is 0 Å². The number of piperazine rings is 1. The van der Waals surface area contributed by atoms with Gasteiger partial charge >= 0.3 is 0 Å². The number of nitrogens with one attached hydrogen (secondary N) is 3. The van der Waals surface area contributed by atoms with Gasteiger partial charge < -0.3 is 20.4 Å². The van der Waals surface area contributed by atoms with Crippen molar-refractivity contribution < 1.29 is 4.79 Å². The fraction of sp³-hybridized carbons (Fsp3) is 0.500. The third kappa shape index (κ3) is 6.40. The van der Waals surface area contributed by atoms with Gasteiger partial charge in [0.05, 0.1) is 0 Å². The Morgan fingerprint density at radius 3 is 2.41 bits per heavy atom. The minimum Gasteiger partial charge on any atom is -0.338 e. The van der Waals surface area contributed by atoms with E-state index in [-0.39, 0.29) is 11.8 Å². The zero-order chi connectivity index (χ0) is 25.8. The fourth-order valence-corrected chi connectivity index (χ4v) is 5.37. The topological polar surface area (TPSA) is 115 Å². The number of H-pyrrole nitrogens is 1. The maximum atomic E-state index is 12.6. The van der Waals surface area contributed by atoms with E-state index >= 15 is 0 Å². The maximum Gasteiger partial charge on any atom is 0.234 e. The summed E-state index contributed by atoms with van der Waals surface area (Å²) in [4.78, 5) is 32.3. The predicted octanol–water partition coefficient (Wildman–Crippen LogP) is 4.38. The highest BCUT2D eigenvalue weighted by Crippen LogP contribution is 2.30. The van der Waals surface area contributed by atoms with Crippen LogP contribution < -0.4 is 15.5 Å². The number of aryl methyl sites for hydroxylation is 1. The Hall–Kier alpha value is -3.18. The maximum absolute atomic E-state index is 12.6. The van der Waals surface area contributed by atoms with Crippen LogP contribution in [0.4, 0.5) is 23.4 Å². The number of anilines is 4. The predicted molar refractivity (Wildman–Crippen MR) is 147 cm³/mol. The summed E-state index contributed by atoms with van der Waals surface area (Å²) in [6.07, 6.45) is 5.50. The zero-order valence-electron chi connectivity index (χ0n) is 21.8. The first kappa shape index (κ1) is 25.5. The molecule has 1 aliphatic carbocycles. The fourth-order valence-electron chi connectivity index (χ4n) is 4.63. The van der Waals surface area contributed by atoms with Crippen LogP contribution in [0.5, 0.6) is 0 Å². The molecule has 2 fully saturated rings. The van der Waals surface area contributed by atoms with Crippen molar-refractivity contribution in [1.82, 2.24) is 30.0 Å². The van der Waals surface area contributed by atoms with Gasteiger partial charge in [-0.15, -0.1) is 0 Å². The van der Waals surface area contributed by atoms with Crippen molar-refractivity contribution in [3.05, 3.63) is 35.5 Å². The van der Waals surface area contributed by atoms with E-state index in [0.717, 1.165) is 73.7 Å². The summed E-state index contributed by atoms with van der Waals surface area (Å²) in [5.41, 5.74) is 2.85. The van der Waals surface area contributed by atoms with Gasteiger partial charge in [0.25, 0.3) is 0 Å². The normalized spacial score (nSPS) is 17.1. The molecular weight excluding hydrogens is 486 g/mol. The first-order valence-corrected chi connectivity index (χ1v) is 13.8. The molecule has 5 rings (SSSR count). The van der Waals surface area contributed by atoms with Gasteiger partial charge in [0.15, 0.2) is 11.0 Å². The molecule has 1 amide bonds. The van der Waals surface area contributed by atoms with Crippen LogP contribution in [0.25, 0.3) is 0 Å². The van der Waals surface area contributed by atoms with E-state index in [1.165, 1.54) is 18.2 Å². The lowest BCUT2D eigenvalue weighted by molar-refractivity contribution is -0.120. The lowest BCUT2D eigenvalue weighted by Gasteiger charge is -2.32. The molecule has 0 atom stereocenters. The third-order valence-electron chi connectivity index (χ3n) is 7.18. The monoisotopic (exact) mass is 521 g/mol. The van der Waals surface area contributed by atoms with Crippen LogP contribution >= 0.6 is 11.8 Å². The van der Waals surface area contributed by atoms with Crippen molar-refractivity contribution in [2.75, 3.05) is 48.8 Å². The molecule has 1 saturated heterocycles. The van der Waals surface area contributed by atoms with Crippen molar-refractivity contribution >= 4 is 41.1 Å². The number of amides is 1. The summed E-state index contributed by atoms with van der Waals surface area (Å²) in [6, 6.07) is 7.88. The summed E-state index contributed by atoms with van der Waals surface area (Å²) in [5.74, 6) is 2.11. The number of hydrogen-bond donors (Lipinski definition) is 3. The van der Waals surface area contributed by atoms with Crippen molar-refractivity contribution in [3.63, 3.8) is 0 Å². The number of carbonyl (C=O) groups excluding carboxylic acids is 1. The molecule has 1 aliphatic heterocycles. The molecule has 37 heavy (non-hydrogen) atoms. The van der Waals surface area contributed by atoms with Gasteiger partial charge in [-0.25, -0.2) is 0 Å². The quantitative estimate of drug-likeness (QED) is 0.417. The molecule has 0 radical (unpaired) electrons. The minimum absolute atomic E-state index is 0.133. The Kier molecular flexibility index (Phi) is 7.90. The van der Waals surface area contributed by atoms with Crippen molar-refractivity contribution in [3.8, 4) is 0 Å². The molecule has 0 bridgehead atoms. The summed E-state index contributed by atoms with van der Waals surface area (Å²) in [5, 5.41) is 14.3. The van der Waals surface area contributed by atoms with E-state index in [1.807, 2.05) is 38.1 Å². The van der Waals surface area contributed by atoms with Crippen molar-refractivity contribution in [2.45, 2.75) is 56.0 Å². The van der Waals surface area contributed by atoms with Gasteiger partial charge in [0, 0.05) is 53.9 Å². The highest BCUT2D eigenvalue weighted by Gasteiger charge is 2.22. The number of carbonyl (C=O) groups is 1. The lowest BCUT2D eigenvalue weighted by atomic mass is 9.88. The second kappa shape index (κ2) is 11.5. The summed E-state index contributed by atoms with van der Waals surface area (Å²) in [6.45, 7) is 7.64. The molecule has 1 saturated carbocycles. The lowest BCUT2D eigenvalue weighted by Crippen LogP contribution is -2.45. The Labute approximate surface area is 222 Å². The molecule has 11 heteroatoms. The largest absolute Gasteiger partial charge is 0.338 e. The first-order valence-electron chi connectivity index (χ1n) is 13.0. The van der Waals surface area contributed by atoms with Crippen LogP contribution in [-0.2, 0) is 4.79 Å². The van der Waals surface area contributed by atoms with Gasteiger partial charge in [-0.05, 0) is 69.8 Å². The average Bonchev–Trinajstić information content (AvgIpc) is 3.22. The van der Waals surface area contributed by atoms with Gasteiger partial charge in [-0.1, -0.05) is 19.3 Å². The highest BCUT2D eigenvalue weighted by molar-refractivity contribution is 7.99. The minimum atomic E-state index is 0.133. The average molecular weight is 522 g/mol. The van der Waals surface area contributed by atoms with Crippen LogP contribution in [0.1, 0.15) is 43.4 Å². The molecule has 0 unspecified atom stereocenters. The number of benzene rings is 1. The number of nitrogens with zero attached hydrogens (tertiary/aromatic N) is 6. The van der Waals surface area contributed by atoms with Crippen LogP contribution in [-0.4, -0.2) is 69.2 Å². The molecule has 2 aromatic heterocycles. The number of hydrogen-bond acceptors (Lipinski definition) is 9. The van der Waals surface area contributed by atoms with Gasteiger partial charge in [-0.2, -0.15) is 20.1 Å². The molecule has 3 heterocycles. The first-order chi connectivity index (χ1) is 17.9. The number of rotatable bonds is 7. The Morgan fingerprint density at radius 2 is 1.73 bits per heavy atom. The van der Waals surface area contributed by atoms with Crippen LogP contribution in [0.3, 0.4) is 0 Å². The Bertz CT molecular complexity index is 1220. The van der Waals surface area contributed by atoms with Crippen LogP contribution in [0, 0.1) is 19.8 Å². The summed E-state index contributed by atoms with van der Waals surface area (Å²) < 4.78 is 0. The smallest absolute Gasteiger partial charge is 0.234 e.